The van der Waals surface area contributed by atoms with Crippen LogP contribution in [0.2, 0.25) is 0 Å². The van der Waals surface area contributed by atoms with Crippen molar-refractivity contribution in [2.24, 2.45) is 5.73 Å². The van der Waals surface area contributed by atoms with Crippen LogP contribution in [0.4, 0.5) is 4.39 Å². The van der Waals surface area contributed by atoms with Crippen LogP contribution in [0.5, 0.6) is 5.75 Å². The molecule has 0 aliphatic carbocycles. The Morgan fingerprint density at radius 3 is 2.53 bits per heavy atom. The van der Waals surface area contributed by atoms with Crippen LogP contribution in [-0.4, -0.2) is 7.11 Å². The van der Waals surface area contributed by atoms with Crippen LogP contribution < -0.4 is 10.5 Å². The van der Waals surface area contributed by atoms with Crippen LogP contribution in [0, 0.1) is 12.7 Å². The molecule has 2 nitrogen and oxygen atoms in total. The normalized spacial score (nSPS) is 12.3. The van der Waals surface area contributed by atoms with Crippen molar-refractivity contribution in [1.29, 1.82) is 0 Å². The summed E-state index contributed by atoms with van der Waals surface area (Å²) in [7, 11) is 1.58. The van der Waals surface area contributed by atoms with E-state index in [2.05, 4.69) is 15.9 Å². The second-order valence-corrected chi connectivity index (χ2v) is 5.20. The molecule has 0 heterocycles. The first kappa shape index (κ1) is 14.0. The van der Waals surface area contributed by atoms with Gasteiger partial charge in [-0.05, 0) is 30.7 Å². The van der Waals surface area contributed by atoms with Gasteiger partial charge in [-0.3, -0.25) is 0 Å². The van der Waals surface area contributed by atoms with Crippen molar-refractivity contribution in [3.63, 3.8) is 0 Å². The molecule has 100 valence electrons. The van der Waals surface area contributed by atoms with Gasteiger partial charge < -0.3 is 10.5 Å². The molecule has 0 amide bonds. The molecule has 0 aliphatic rings. The van der Waals surface area contributed by atoms with Crippen LogP contribution >= 0.6 is 15.9 Å². The Morgan fingerprint density at radius 1 is 1.21 bits per heavy atom. The van der Waals surface area contributed by atoms with Gasteiger partial charge in [-0.2, -0.15) is 0 Å². The third-order valence-electron chi connectivity index (χ3n) is 3.09. The zero-order valence-electron chi connectivity index (χ0n) is 10.8. The minimum absolute atomic E-state index is 0.311. The quantitative estimate of drug-likeness (QED) is 0.928. The number of methoxy groups -OCH3 is 1. The Bertz CT molecular complexity index is 601. The van der Waals surface area contributed by atoms with Crippen molar-refractivity contribution in [3.05, 3.63) is 63.4 Å². The monoisotopic (exact) mass is 323 g/mol. The third kappa shape index (κ3) is 2.80. The summed E-state index contributed by atoms with van der Waals surface area (Å²) in [5.41, 5.74) is 8.42. The predicted molar refractivity (Wildman–Crippen MR) is 77.9 cm³/mol. The van der Waals surface area contributed by atoms with E-state index >= 15 is 0 Å². The summed E-state index contributed by atoms with van der Waals surface area (Å²) in [6, 6.07) is 9.72. The Kier molecular flexibility index (Phi) is 4.22. The molecule has 0 radical (unpaired) electrons. The molecule has 1 atom stereocenters. The summed E-state index contributed by atoms with van der Waals surface area (Å²) in [5, 5.41) is 0. The van der Waals surface area contributed by atoms with E-state index in [1.54, 1.807) is 25.3 Å². The molecule has 0 aromatic heterocycles. The van der Waals surface area contributed by atoms with E-state index in [1.165, 1.54) is 6.07 Å². The molecule has 2 aromatic rings. The molecule has 0 bridgehead atoms. The molecule has 2 N–H and O–H groups in total. The first-order chi connectivity index (χ1) is 9.04. The number of hydrogen-bond donors (Lipinski definition) is 1. The number of benzene rings is 2. The largest absolute Gasteiger partial charge is 0.496 e. The Hall–Kier alpha value is -1.39. The summed E-state index contributed by atoms with van der Waals surface area (Å²) in [6.07, 6.45) is 0. The van der Waals surface area contributed by atoms with Crippen LogP contribution in [0.1, 0.15) is 22.7 Å². The van der Waals surface area contributed by atoms with Gasteiger partial charge in [-0.1, -0.05) is 34.1 Å². The zero-order chi connectivity index (χ0) is 14.0. The highest BCUT2D eigenvalue weighted by molar-refractivity contribution is 9.10. The summed E-state index contributed by atoms with van der Waals surface area (Å²) >= 11 is 3.46. The van der Waals surface area contributed by atoms with Crippen molar-refractivity contribution >= 4 is 15.9 Å². The first-order valence-corrected chi connectivity index (χ1v) is 6.68. The zero-order valence-corrected chi connectivity index (χ0v) is 12.4. The lowest BCUT2D eigenvalue weighted by molar-refractivity contribution is 0.407. The van der Waals surface area contributed by atoms with Crippen molar-refractivity contribution in [3.8, 4) is 5.75 Å². The number of ether oxygens (including phenoxy) is 1. The number of aryl methyl sites for hydroxylation is 1. The molecule has 19 heavy (non-hydrogen) atoms. The standard InChI is InChI=1S/C15H15BrFNO/c1-9-7-14(19-2)11(8-12(9)16)15(18)10-5-3-4-6-13(10)17/h3-8,15H,18H2,1-2H3. The molecule has 0 spiro atoms. The van der Waals surface area contributed by atoms with E-state index in [4.69, 9.17) is 10.5 Å². The Labute approximate surface area is 120 Å². The van der Waals surface area contributed by atoms with E-state index in [0.29, 0.717) is 11.3 Å². The lowest BCUT2D eigenvalue weighted by Crippen LogP contribution is -2.15. The first-order valence-electron chi connectivity index (χ1n) is 5.88. The molecule has 0 saturated heterocycles. The van der Waals surface area contributed by atoms with Crippen LogP contribution in [0.3, 0.4) is 0 Å². The van der Waals surface area contributed by atoms with Crippen molar-refractivity contribution in [2.45, 2.75) is 13.0 Å². The number of rotatable bonds is 3. The summed E-state index contributed by atoms with van der Waals surface area (Å²) < 4.78 is 20.1. The van der Waals surface area contributed by atoms with Gasteiger partial charge in [0.15, 0.2) is 0 Å². The fourth-order valence-corrected chi connectivity index (χ4v) is 2.35. The summed E-state index contributed by atoms with van der Waals surface area (Å²) in [4.78, 5) is 0. The van der Waals surface area contributed by atoms with Gasteiger partial charge >= 0.3 is 0 Å². The van der Waals surface area contributed by atoms with Gasteiger partial charge in [0.05, 0.1) is 13.2 Å². The lowest BCUT2D eigenvalue weighted by Gasteiger charge is -2.18. The summed E-state index contributed by atoms with van der Waals surface area (Å²) in [6.45, 7) is 1.96. The number of nitrogens with two attached hydrogens (primary N) is 1. The van der Waals surface area contributed by atoms with E-state index in [9.17, 15) is 4.39 Å². The highest BCUT2D eigenvalue weighted by Crippen LogP contribution is 2.33. The molecule has 0 saturated carbocycles. The average molecular weight is 324 g/mol. The molecule has 2 aromatic carbocycles. The van der Waals surface area contributed by atoms with Gasteiger partial charge in [0.1, 0.15) is 11.6 Å². The SMILES string of the molecule is COc1cc(C)c(Br)cc1C(N)c1ccccc1F. The average Bonchev–Trinajstić information content (AvgIpc) is 2.41. The molecular weight excluding hydrogens is 309 g/mol. The van der Waals surface area contributed by atoms with Gasteiger partial charge in [0.2, 0.25) is 0 Å². The molecular formula is C15H15BrFNO. The highest BCUT2D eigenvalue weighted by Gasteiger charge is 2.18. The minimum Gasteiger partial charge on any atom is -0.496 e. The maximum absolute atomic E-state index is 13.8. The maximum atomic E-state index is 13.8. The van der Waals surface area contributed by atoms with Crippen molar-refractivity contribution in [1.82, 2.24) is 0 Å². The summed E-state index contributed by atoms with van der Waals surface area (Å²) in [5.74, 6) is 0.352. The number of hydrogen-bond acceptors (Lipinski definition) is 2. The maximum Gasteiger partial charge on any atom is 0.128 e. The van der Waals surface area contributed by atoms with Crippen LogP contribution in [-0.2, 0) is 0 Å². The van der Waals surface area contributed by atoms with E-state index in [1.807, 2.05) is 19.1 Å². The van der Waals surface area contributed by atoms with Gasteiger partial charge in [0, 0.05) is 15.6 Å². The van der Waals surface area contributed by atoms with Crippen LogP contribution in [0.25, 0.3) is 0 Å². The molecule has 0 aliphatic heterocycles. The fourth-order valence-electron chi connectivity index (χ4n) is 1.99. The Balaban J connectivity index is 2.52. The number of halogens is 2. The lowest BCUT2D eigenvalue weighted by atomic mass is 9.97. The molecule has 1 unspecified atom stereocenters. The van der Waals surface area contributed by atoms with Crippen LogP contribution in [0.15, 0.2) is 40.9 Å². The molecule has 0 fully saturated rings. The van der Waals surface area contributed by atoms with Crippen molar-refractivity contribution in [2.75, 3.05) is 7.11 Å². The molecule has 4 heteroatoms. The second-order valence-electron chi connectivity index (χ2n) is 4.34. The smallest absolute Gasteiger partial charge is 0.128 e. The van der Waals surface area contributed by atoms with E-state index in [0.717, 1.165) is 15.6 Å². The highest BCUT2D eigenvalue weighted by atomic mass is 79.9. The minimum atomic E-state index is -0.562. The van der Waals surface area contributed by atoms with Crippen molar-refractivity contribution < 1.29 is 9.13 Å². The van der Waals surface area contributed by atoms with E-state index in [-0.39, 0.29) is 5.82 Å². The molecule has 2 rings (SSSR count). The fraction of sp³-hybridized carbons (Fsp3) is 0.200. The van der Waals surface area contributed by atoms with E-state index < -0.39 is 6.04 Å². The topological polar surface area (TPSA) is 35.2 Å². The van der Waals surface area contributed by atoms with Gasteiger partial charge in [-0.25, -0.2) is 4.39 Å². The predicted octanol–water partition coefficient (Wildman–Crippen LogP) is 3.95. The second kappa shape index (κ2) is 5.72. The third-order valence-corrected chi connectivity index (χ3v) is 3.94. The van der Waals surface area contributed by atoms with Gasteiger partial charge in [0.25, 0.3) is 0 Å². The Morgan fingerprint density at radius 2 is 1.89 bits per heavy atom. The van der Waals surface area contributed by atoms with Gasteiger partial charge in [-0.15, -0.1) is 0 Å².